The number of benzene rings is 1. The first-order chi connectivity index (χ1) is 5.18. The summed E-state index contributed by atoms with van der Waals surface area (Å²) in [4.78, 5) is 10.3. The maximum atomic E-state index is 10.6. The van der Waals surface area contributed by atoms with Crippen LogP contribution >= 0.6 is 0 Å². The summed E-state index contributed by atoms with van der Waals surface area (Å²) in [5.41, 5.74) is 5.36. The number of hydrogen-bond donors (Lipinski definition) is 2. The van der Waals surface area contributed by atoms with Gasteiger partial charge in [0.1, 0.15) is 0 Å². The lowest BCUT2D eigenvalue weighted by molar-refractivity contribution is -0.268. The average molecular weight is 151 g/mol. The minimum Gasteiger partial charge on any atom is -0.872 e. The average Bonchev–Trinajstić information content (AvgIpc) is 1.93. The zero-order valence-electron chi connectivity index (χ0n) is 5.70. The van der Waals surface area contributed by atoms with Gasteiger partial charge < -0.3 is 16.2 Å². The lowest BCUT2D eigenvalue weighted by Crippen LogP contribution is -2.19. The van der Waals surface area contributed by atoms with Crippen LogP contribution in [0.5, 0.6) is 5.75 Å². The molecule has 0 spiro atoms. The van der Waals surface area contributed by atoms with E-state index in [9.17, 15) is 9.90 Å². The molecule has 1 aromatic carbocycles. The maximum Gasteiger partial charge on any atom is 0.316 e. The van der Waals surface area contributed by atoms with Gasteiger partial charge >= 0.3 is 6.03 Å². The van der Waals surface area contributed by atoms with Gasteiger partial charge in [-0.15, -0.1) is 5.75 Å². The largest absolute Gasteiger partial charge is 0.872 e. The van der Waals surface area contributed by atoms with Crippen LogP contribution in [-0.2, 0) is 0 Å². The predicted molar refractivity (Wildman–Crippen MR) is 39.1 cm³/mol. The molecule has 0 aromatic heterocycles. The summed E-state index contributed by atoms with van der Waals surface area (Å²) >= 11 is 0. The highest BCUT2D eigenvalue weighted by Gasteiger charge is 1.91. The van der Waals surface area contributed by atoms with Crippen LogP contribution in [0, 0.1) is 0 Å². The Hall–Kier alpha value is -1.71. The highest BCUT2D eigenvalue weighted by molar-refractivity contribution is 5.87. The second-order valence-electron chi connectivity index (χ2n) is 2.01. The normalized spacial score (nSPS) is 9.09. The van der Waals surface area contributed by atoms with E-state index in [4.69, 9.17) is 5.73 Å². The molecule has 0 bridgehead atoms. The fourth-order valence-corrected chi connectivity index (χ4v) is 0.681. The third kappa shape index (κ3) is 2.17. The van der Waals surface area contributed by atoms with Crippen LogP contribution in [-0.4, -0.2) is 6.03 Å². The summed E-state index contributed by atoms with van der Waals surface area (Å²) in [5.74, 6) is -0.0972. The molecule has 0 saturated heterocycles. The second-order valence-corrected chi connectivity index (χ2v) is 2.01. The molecule has 0 aliphatic heterocycles. The molecule has 1 aromatic rings. The molecule has 0 radical (unpaired) electrons. The topological polar surface area (TPSA) is 78.2 Å². The molecule has 0 saturated carbocycles. The van der Waals surface area contributed by atoms with Crippen molar-refractivity contribution in [3.05, 3.63) is 24.3 Å². The van der Waals surface area contributed by atoms with Crippen molar-refractivity contribution in [2.75, 3.05) is 5.32 Å². The van der Waals surface area contributed by atoms with Crippen LogP contribution in [0.3, 0.4) is 0 Å². The van der Waals surface area contributed by atoms with E-state index in [-0.39, 0.29) is 5.75 Å². The van der Waals surface area contributed by atoms with Crippen LogP contribution in [0.2, 0.25) is 0 Å². The fraction of sp³-hybridized carbons (Fsp3) is 0. The van der Waals surface area contributed by atoms with Crippen LogP contribution in [0.15, 0.2) is 24.3 Å². The van der Waals surface area contributed by atoms with Gasteiger partial charge in [0.05, 0.1) is 0 Å². The molecule has 0 atom stereocenters. The standard InChI is InChI=1S/C7H8N2O2/c8-7(11)9-5-1-3-6(10)4-2-5/h1-4,10H,(H3,8,9,11)/p-1. The number of nitrogens with two attached hydrogens (primary N) is 1. The monoisotopic (exact) mass is 151 g/mol. The molecule has 3 N–H and O–H groups in total. The number of hydrogen-bond acceptors (Lipinski definition) is 2. The number of amides is 2. The van der Waals surface area contributed by atoms with Crippen molar-refractivity contribution in [2.45, 2.75) is 0 Å². The van der Waals surface area contributed by atoms with Crippen molar-refractivity contribution in [1.82, 2.24) is 0 Å². The number of nitrogens with one attached hydrogen (secondary N) is 1. The molecule has 0 heterocycles. The van der Waals surface area contributed by atoms with Gasteiger partial charge in [-0.1, -0.05) is 12.1 Å². The summed E-state index contributed by atoms with van der Waals surface area (Å²) in [6.45, 7) is 0. The van der Waals surface area contributed by atoms with Crippen molar-refractivity contribution < 1.29 is 9.90 Å². The molecular formula is C7H7N2O2-. The molecule has 2 amide bonds. The lowest BCUT2D eigenvalue weighted by Gasteiger charge is -2.05. The van der Waals surface area contributed by atoms with Crippen molar-refractivity contribution in [1.29, 1.82) is 0 Å². The minimum atomic E-state index is -0.636. The summed E-state index contributed by atoms with van der Waals surface area (Å²) in [6, 6.07) is 5.06. The van der Waals surface area contributed by atoms with Gasteiger partial charge in [0.15, 0.2) is 0 Å². The van der Waals surface area contributed by atoms with Gasteiger partial charge in [-0.2, -0.15) is 0 Å². The predicted octanol–water partition coefficient (Wildman–Crippen LogP) is 0.251. The van der Waals surface area contributed by atoms with Gasteiger partial charge in [0.25, 0.3) is 0 Å². The SMILES string of the molecule is NC(=O)Nc1ccc([O-])cc1. The lowest BCUT2D eigenvalue weighted by atomic mass is 10.3. The van der Waals surface area contributed by atoms with Gasteiger partial charge in [0.2, 0.25) is 0 Å². The Balaban J connectivity index is 2.74. The Morgan fingerprint density at radius 1 is 1.36 bits per heavy atom. The number of anilines is 1. The third-order valence-corrected chi connectivity index (χ3v) is 1.12. The van der Waals surface area contributed by atoms with Crippen molar-refractivity contribution in [3.63, 3.8) is 0 Å². The van der Waals surface area contributed by atoms with Gasteiger partial charge in [-0.3, -0.25) is 0 Å². The Kier molecular flexibility index (Phi) is 1.96. The molecule has 0 fully saturated rings. The Labute approximate surface area is 63.6 Å². The van der Waals surface area contributed by atoms with E-state index in [1.807, 2.05) is 0 Å². The van der Waals surface area contributed by atoms with E-state index < -0.39 is 6.03 Å². The van der Waals surface area contributed by atoms with Crippen molar-refractivity contribution >= 4 is 11.7 Å². The zero-order valence-corrected chi connectivity index (χ0v) is 5.70. The first kappa shape index (κ1) is 7.40. The molecular weight excluding hydrogens is 144 g/mol. The van der Waals surface area contributed by atoms with E-state index >= 15 is 0 Å². The Bertz CT molecular complexity index is 256. The summed E-state index contributed by atoms with van der Waals surface area (Å²) in [7, 11) is 0. The van der Waals surface area contributed by atoms with E-state index in [1.165, 1.54) is 24.3 Å². The first-order valence-corrected chi connectivity index (χ1v) is 3.02. The van der Waals surface area contributed by atoms with Crippen LogP contribution in [0.4, 0.5) is 10.5 Å². The first-order valence-electron chi connectivity index (χ1n) is 3.02. The van der Waals surface area contributed by atoms with Gasteiger partial charge in [0, 0.05) is 5.69 Å². The van der Waals surface area contributed by atoms with Crippen LogP contribution in [0.25, 0.3) is 0 Å². The van der Waals surface area contributed by atoms with Gasteiger partial charge in [-0.05, 0) is 12.1 Å². The van der Waals surface area contributed by atoms with E-state index in [2.05, 4.69) is 5.32 Å². The fourth-order valence-electron chi connectivity index (χ4n) is 0.681. The Morgan fingerprint density at radius 3 is 2.36 bits per heavy atom. The molecule has 58 valence electrons. The number of carbonyl (C=O) groups is 1. The highest BCUT2D eigenvalue weighted by Crippen LogP contribution is 2.10. The number of rotatable bonds is 1. The molecule has 0 aliphatic carbocycles. The van der Waals surface area contributed by atoms with Crippen molar-refractivity contribution in [2.24, 2.45) is 5.73 Å². The van der Waals surface area contributed by atoms with E-state index in [0.717, 1.165) is 0 Å². The Morgan fingerprint density at radius 2 is 1.91 bits per heavy atom. The third-order valence-electron chi connectivity index (χ3n) is 1.12. The van der Waals surface area contributed by atoms with Crippen LogP contribution in [0.1, 0.15) is 0 Å². The summed E-state index contributed by atoms with van der Waals surface area (Å²) < 4.78 is 0. The molecule has 1 rings (SSSR count). The maximum absolute atomic E-state index is 10.6. The number of carbonyl (C=O) groups excluding carboxylic acids is 1. The highest BCUT2D eigenvalue weighted by atomic mass is 16.3. The molecule has 0 unspecified atom stereocenters. The molecule has 0 aliphatic rings. The van der Waals surface area contributed by atoms with E-state index in [0.29, 0.717) is 5.69 Å². The summed E-state index contributed by atoms with van der Waals surface area (Å²) in [6.07, 6.45) is 0. The minimum absolute atomic E-state index is 0.0972. The second kappa shape index (κ2) is 2.92. The zero-order chi connectivity index (χ0) is 8.27. The molecule has 11 heavy (non-hydrogen) atoms. The van der Waals surface area contributed by atoms with E-state index in [1.54, 1.807) is 0 Å². The summed E-state index contributed by atoms with van der Waals surface area (Å²) in [5, 5.41) is 12.9. The smallest absolute Gasteiger partial charge is 0.316 e. The number of primary amides is 1. The number of urea groups is 1. The van der Waals surface area contributed by atoms with Gasteiger partial charge in [-0.25, -0.2) is 4.79 Å². The quantitative estimate of drug-likeness (QED) is 0.603. The molecule has 4 heteroatoms. The van der Waals surface area contributed by atoms with Crippen molar-refractivity contribution in [3.8, 4) is 5.75 Å². The molecule has 4 nitrogen and oxygen atoms in total. The van der Waals surface area contributed by atoms with Crippen LogP contribution < -0.4 is 16.2 Å².